The Balaban J connectivity index is 1.40. The number of anilines is 1. The summed E-state index contributed by atoms with van der Waals surface area (Å²) in [5.41, 5.74) is 3.09. The number of carboxylic acid groups (broad SMARTS) is 1. The molecule has 0 aliphatic carbocycles. The highest BCUT2D eigenvalue weighted by molar-refractivity contribution is 7.89. The second kappa shape index (κ2) is 10.2. The Hall–Kier alpha value is -3.16. The minimum atomic E-state index is -3.97. The van der Waals surface area contributed by atoms with Gasteiger partial charge >= 0.3 is 5.97 Å². The molecule has 0 aromatic heterocycles. The number of carbonyl (C=O) groups is 1. The molecule has 3 aromatic rings. The molecular weight excluding hydrogens is 436 g/mol. The first-order valence-corrected chi connectivity index (χ1v) is 12.6. The van der Waals surface area contributed by atoms with Gasteiger partial charge in [0.25, 0.3) is 0 Å². The fourth-order valence-electron chi connectivity index (χ4n) is 4.32. The van der Waals surface area contributed by atoms with Crippen LogP contribution >= 0.6 is 0 Å². The molecule has 4 rings (SSSR count). The third-order valence-corrected chi connectivity index (χ3v) is 7.64. The van der Waals surface area contributed by atoms with Gasteiger partial charge < -0.3 is 10.0 Å². The maximum Gasteiger partial charge on any atom is 0.322 e. The summed E-state index contributed by atoms with van der Waals surface area (Å²) >= 11 is 0. The number of sulfonamides is 1. The molecule has 1 aliphatic rings. The van der Waals surface area contributed by atoms with Crippen molar-refractivity contribution in [2.75, 3.05) is 18.0 Å². The molecule has 1 fully saturated rings. The van der Waals surface area contributed by atoms with E-state index in [1.54, 1.807) is 48.5 Å². The van der Waals surface area contributed by atoms with Gasteiger partial charge in [-0.2, -0.15) is 4.72 Å². The Labute approximate surface area is 194 Å². The zero-order valence-corrected chi connectivity index (χ0v) is 19.1. The maximum atomic E-state index is 12.8. The van der Waals surface area contributed by atoms with Crippen LogP contribution in [0.1, 0.15) is 29.9 Å². The van der Waals surface area contributed by atoms with Gasteiger partial charge in [-0.1, -0.05) is 60.7 Å². The highest BCUT2D eigenvalue weighted by Crippen LogP contribution is 2.30. The molecule has 1 heterocycles. The minimum Gasteiger partial charge on any atom is -0.480 e. The molecule has 0 bridgehead atoms. The molecule has 0 saturated carbocycles. The van der Waals surface area contributed by atoms with Crippen LogP contribution in [0.25, 0.3) is 0 Å². The summed E-state index contributed by atoms with van der Waals surface area (Å²) in [6, 6.07) is 24.9. The second-order valence-electron chi connectivity index (χ2n) is 8.37. The molecule has 6 nitrogen and oxygen atoms in total. The van der Waals surface area contributed by atoms with Crippen LogP contribution in [-0.4, -0.2) is 38.6 Å². The van der Waals surface area contributed by atoms with Crippen molar-refractivity contribution in [3.05, 3.63) is 96.1 Å². The average Bonchev–Trinajstić information content (AvgIpc) is 2.85. The van der Waals surface area contributed by atoms with Gasteiger partial charge in [0.2, 0.25) is 10.0 Å². The Morgan fingerprint density at radius 1 is 0.909 bits per heavy atom. The van der Waals surface area contributed by atoms with E-state index in [2.05, 4.69) is 33.9 Å². The van der Waals surface area contributed by atoms with Crippen LogP contribution < -0.4 is 9.62 Å². The molecule has 1 saturated heterocycles. The van der Waals surface area contributed by atoms with Crippen LogP contribution in [0, 0.1) is 0 Å². The van der Waals surface area contributed by atoms with E-state index in [1.807, 2.05) is 12.1 Å². The first-order valence-electron chi connectivity index (χ1n) is 11.1. The number of rotatable bonds is 8. The monoisotopic (exact) mass is 464 g/mol. The molecule has 0 unspecified atom stereocenters. The van der Waals surface area contributed by atoms with Crippen LogP contribution in [0.15, 0.2) is 89.8 Å². The first kappa shape index (κ1) is 23.0. The van der Waals surface area contributed by atoms with Gasteiger partial charge in [0, 0.05) is 18.8 Å². The van der Waals surface area contributed by atoms with Crippen LogP contribution in [0.4, 0.5) is 5.69 Å². The van der Waals surface area contributed by atoms with Crippen molar-refractivity contribution in [1.29, 1.82) is 0 Å². The number of aliphatic carboxylic acids is 1. The summed E-state index contributed by atoms with van der Waals surface area (Å²) in [4.78, 5) is 14.0. The van der Waals surface area contributed by atoms with Crippen molar-refractivity contribution in [2.45, 2.75) is 36.1 Å². The van der Waals surface area contributed by atoms with Gasteiger partial charge in [0.1, 0.15) is 6.04 Å². The van der Waals surface area contributed by atoms with Gasteiger partial charge in [-0.25, -0.2) is 8.42 Å². The van der Waals surface area contributed by atoms with Crippen molar-refractivity contribution in [2.24, 2.45) is 0 Å². The molecule has 2 N–H and O–H groups in total. The van der Waals surface area contributed by atoms with E-state index < -0.39 is 22.0 Å². The van der Waals surface area contributed by atoms with Crippen molar-refractivity contribution in [1.82, 2.24) is 4.72 Å². The van der Waals surface area contributed by atoms with Gasteiger partial charge in [-0.05, 0) is 60.6 Å². The fourth-order valence-corrected chi connectivity index (χ4v) is 5.51. The highest BCUT2D eigenvalue weighted by Gasteiger charge is 2.26. The predicted octanol–water partition coefficient (Wildman–Crippen LogP) is 4.04. The fraction of sp³-hybridized carbons (Fsp3) is 0.269. The topological polar surface area (TPSA) is 86.7 Å². The maximum absolute atomic E-state index is 12.8. The molecule has 1 atom stereocenters. The van der Waals surface area contributed by atoms with Crippen LogP contribution in [0.3, 0.4) is 0 Å². The molecule has 0 spiro atoms. The van der Waals surface area contributed by atoms with E-state index in [1.165, 1.54) is 5.56 Å². The number of benzene rings is 3. The van der Waals surface area contributed by atoms with Crippen molar-refractivity contribution in [3.8, 4) is 0 Å². The lowest BCUT2D eigenvalue weighted by Gasteiger charge is -2.34. The molecule has 1 aliphatic heterocycles. The molecule has 0 amide bonds. The van der Waals surface area contributed by atoms with Crippen LogP contribution in [-0.2, 0) is 21.2 Å². The summed E-state index contributed by atoms with van der Waals surface area (Å²) in [5, 5.41) is 9.53. The normalized spacial score (nSPS) is 15.8. The zero-order chi connectivity index (χ0) is 23.3. The molecule has 172 valence electrons. The summed E-state index contributed by atoms with van der Waals surface area (Å²) < 4.78 is 28.0. The highest BCUT2D eigenvalue weighted by atomic mass is 32.2. The Morgan fingerprint density at radius 2 is 1.48 bits per heavy atom. The number of hydrogen-bond acceptors (Lipinski definition) is 4. The molecule has 0 radical (unpaired) electrons. The number of nitrogens with one attached hydrogen (secondary N) is 1. The number of piperidine rings is 1. The van der Waals surface area contributed by atoms with Crippen molar-refractivity contribution in [3.63, 3.8) is 0 Å². The summed E-state index contributed by atoms with van der Waals surface area (Å²) in [5.74, 6) is -0.663. The third kappa shape index (κ3) is 5.80. The van der Waals surface area contributed by atoms with Gasteiger partial charge in [0.15, 0.2) is 0 Å². The number of carboxylic acids is 1. The second-order valence-corrected chi connectivity index (χ2v) is 10.1. The molecular formula is C26H28N2O4S. The lowest BCUT2D eigenvalue weighted by atomic mass is 9.89. The molecule has 33 heavy (non-hydrogen) atoms. The minimum absolute atomic E-state index is 0.0599. The van der Waals surface area contributed by atoms with Crippen LogP contribution in [0.2, 0.25) is 0 Å². The van der Waals surface area contributed by atoms with E-state index in [9.17, 15) is 18.3 Å². The van der Waals surface area contributed by atoms with E-state index >= 15 is 0 Å². The summed E-state index contributed by atoms with van der Waals surface area (Å²) in [6.07, 6.45) is 2.17. The van der Waals surface area contributed by atoms with E-state index in [0.717, 1.165) is 37.2 Å². The molecule has 3 aromatic carbocycles. The standard InChI is InChI=1S/C26H28N2O4S/c29-26(30)25(19-20-7-3-1-4-8-20)27-33(31,32)24-13-11-23(12-14-24)28-17-15-22(16-18-28)21-9-5-2-6-10-21/h1-14,22,25,27H,15-19H2,(H,29,30)/t25-/m0/s1. The first-order chi connectivity index (χ1) is 15.9. The van der Waals surface area contributed by atoms with Crippen molar-refractivity contribution >= 4 is 21.7 Å². The Kier molecular flexibility index (Phi) is 7.11. The van der Waals surface area contributed by atoms with Gasteiger partial charge in [-0.3, -0.25) is 4.79 Å². The third-order valence-electron chi connectivity index (χ3n) is 6.16. The smallest absolute Gasteiger partial charge is 0.322 e. The number of nitrogens with zero attached hydrogens (tertiary/aromatic N) is 1. The van der Waals surface area contributed by atoms with Crippen molar-refractivity contribution < 1.29 is 18.3 Å². The zero-order valence-electron chi connectivity index (χ0n) is 18.3. The molecule has 7 heteroatoms. The Bertz CT molecular complexity index is 1160. The quantitative estimate of drug-likeness (QED) is 0.525. The summed E-state index contributed by atoms with van der Waals surface area (Å²) in [7, 11) is -3.97. The van der Waals surface area contributed by atoms with Crippen LogP contribution in [0.5, 0.6) is 0 Å². The predicted molar refractivity (Wildman–Crippen MR) is 129 cm³/mol. The van der Waals surface area contributed by atoms with Gasteiger partial charge in [0.05, 0.1) is 4.90 Å². The lowest BCUT2D eigenvalue weighted by molar-refractivity contribution is -0.138. The number of hydrogen-bond donors (Lipinski definition) is 2. The SMILES string of the molecule is O=C(O)[C@H](Cc1ccccc1)NS(=O)(=O)c1ccc(N2CCC(c3ccccc3)CC2)cc1. The van der Waals surface area contributed by atoms with E-state index in [-0.39, 0.29) is 11.3 Å². The van der Waals surface area contributed by atoms with E-state index in [0.29, 0.717) is 5.92 Å². The largest absolute Gasteiger partial charge is 0.480 e. The lowest BCUT2D eigenvalue weighted by Crippen LogP contribution is -2.42. The van der Waals surface area contributed by atoms with Gasteiger partial charge in [-0.15, -0.1) is 0 Å². The Morgan fingerprint density at radius 3 is 2.06 bits per heavy atom. The summed E-state index contributed by atoms with van der Waals surface area (Å²) in [6.45, 7) is 1.81. The van der Waals surface area contributed by atoms with E-state index in [4.69, 9.17) is 0 Å². The average molecular weight is 465 g/mol.